The Morgan fingerprint density at radius 3 is 2.07 bits per heavy atom. The summed E-state index contributed by atoms with van der Waals surface area (Å²) in [7, 11) is 2.78. The molecule has 0 saturated carbocycles. The predicted octanol–water partition coefficient (Wildman–Crippen LogP) is 8.06. The average Bonchev–Trinajstić information content (AvgIpc) is 4.08. The minimum atomic E-state index is -1.96. The molecule has 2 aromatic rings. The Morgan fingerprint density at radius 1 is 0.873 bits per heavy atom. The lowest BCUT2D eigenvalue weighted by Gasteiger charge is -2.46. The molecule has 13 nitrogen and oxygen atoms in total. The lowest BCUT2D eigenvalue weighted by Crippen LogP contribution is -2.60. The van der Waals surface area contributed by atoms with E-state index in [1.807, 2.05) is 51.0 Å². The average molecular weight is 1030 g/mol. The number of likely N-dealkylation sites (N-methyl/N-ethyl adjacent to an activating group) is 1. The van der Waals surface area contributed by atoms with Gasteiger partial charge in [0, 0.05) is 24.9 Å². The number of esters is 1. The molecular weight excluding hydrogens is 943 g/mol. The molecule has 5 N–H and O–H groups in total. The van der Waals surface area contributed by atoms with Crippen molar-refractivity contribution in [1.82, 2.24) is 9.80 Å². The van der Waals surface area contributed by atoms with Gasteiger partial charge in [-0.25, -0.2) is 0 Å². The quantitative estimate of drug-likeness (QED) is 0.0396. The monoisotopic (exact) mass is 1030 g/mol. The molecule has 0 bridgehead atoms. The molecule has 1 amide bonds. The number of aliphatic hydroxyl groups excluding tert-OH is 3. The Labute approximate surface area is 431 Å². The molecule has 17 atom stereocenters. The van der Waals surface area contributed by atoms with Crippen molar-refractivity contribution in [3.05, 3.63) is 59.7 Å². The molecule has 2 aromatic carbocycles. The molecule has 5 rings (SSSR count). The fourth-order valence-corrected chi connectivity index (χ4v) is 13.4. The van der Waals surface area contributed by atoms with Gasteiger partial charge in [0.15, 0.2) is 6.29 Å². The minimum absolute atomic E-state index is 0.0931. The number of carbonyl (C=O) groups excluding carboxylic acids is 2. The molecule has 3 fully saturated rings. The maximum absolute atomic E-state index is 14.3. The molecule has 15 heteroatoms. The zero-order chi connectivity index (χ0) is 52.4. The van der Waals surface area contributed by atoms with Gasteiger partial charge in [0.1, 0.15) is 30.0 Å². The lowest BCUT2D eigenvalue weighted by atomic mass is 9.78. The minimum Gasteiger partial charge on any atom is -0.459 e. The fourth-order valence-electron chi connectivity index (χ4n) is 11.2. The van der Waals surface area contributed by atoms with Crippen molar-refractivity contribution in [2.24, 2.45) is 17.8 Å². The Morgan fingerprint density at radius 2 is 1.48 bits per heavy atom. The van der Waals surface area contributed by atoms with Crippen LogP contribution in [0.1, 0.15) is 163 Å². The van der Waals surface area contributed by atoms with Gasteiger partial charge in [0.2, 0.25) is 5.91 Å². The molecule has 3 heterocycles. The molecule has 3 saturated heterocycles. The zero-order valence-electron chi connectivity index (χ0n) is 44.7. The molecule has 3 aliphatic heterocycles. The molecule has 0 aromatic heterocycles. The van der Waals surface area contributed by atoms with E-state index in [0.29, 0.717) is 12.8 Å². The first-order valence-corrected chi connectivity index (χ1v) is 29.0. The van der Waals surface area contributed by atoms with Gasteiger partial charge in [-0.3, -0.25) is 9.59 Å². The number of aliphatic hydroxyl groups is 5. The molecule has 0 radical (unpaired) electrons. The molecule has 0 aliphatic carbocycles. The van der Waals surface area contributed by atoms with Crippen LogP contribution in [0.3, 0.4) is 0 Å². The number of carbonyl (C=O) groups is 2. The van der Waals surface area contributed by atoms with Crippen molar-refractivity contribution in [3.8, 4) is 0 Å². The molecule has 3 unspecified atom stereocenters. The van der Waals surface area contributed by atoms with Gasteiger partial charge in [-0.2, -0.15) is 0 Å². The van der Waals surface area contributed by atoms with Crippen LogP contribution in [-0.4, -0.2) is 140 Å². The number of rotatable bonds is 19. The van der Waals surface area contributed by atoms with Crippen LogP contribution in [0.4, 0.5) is 0 Å². The van der Waals surface area contributed by atoms with Crippen LogP contribution < -0.4 is 10.6 Å². The van der Waals surface area contributed by atoms with Crippen molar-refractivity contribution in [3.63, 3.8) is 0 Å². The highest BCUT2D eigenvalue weighted by atomic mass is 35.7. The normalized spacial score (nSPS) is 35.9. The Balaban J connectivity index is 1.18. The van der Waals surface area contributed by atoms with E-state index in [4.69, 9.17) is 30.2 Å². The van der Waals surface area contributed by atoms with E-state index in [1.165, 1.54) is 30.3 Å². The highest BCUT2D eigenvalue weighted by molar-refractivity contribution is 7.95. The predicted molar refractivity (Wildman–Crippen MR) is 282 cm³/mol. The summed E-state index contributed by atoms with van der Waals surface area (Å²) in [4.78, 5) is 31.5. The number of amides is 1. The molecule has 3 aliphatic rings. The van der Waals surface area contributed by atoms with E-state index in [9.17, 15) is 35.1 Å². The highest BCUT2D eigenvalue weighted by Crippen LogP contribution is 2.44. The van der Waals surface area contributed by atoms with Crippen LogP contribution in [0.2, 0.25) is 0 Å². The van der Waals surface area contributed by atoms with E-state index in [1.54, 1.807) is 32.6 Å². The number of ether oxygens (including phenoxy) is 4. The van der Waals surface area contributed by atoms with Crippen molar-refractivity contribution >= 4 is 41.0 Å². The molecule has 0 spiro atoms. The third kappa shape index (κ3) is 15.9. The maximum atomic E-state index is 14.3. The summed E-state index contributed by atoms with van der Waals surface area (Å²) in [6, 6.07) is 15.9. The standard InChI is InChI=1S/C56H90ClN2O11P/c1-12-46-56(9,66)51(63)39(6)59(34-35(2)33-55(8,65)52(37(4)48(61)38(5)53(64)69-46)70-54-49(62)44(58(10)11)31-36(3)67-54)47(60)28-24-19-17-15-13-14-16-18-21-25-41-32-42(50-40(7)68-50)29-30-45(41)71(57)43-26-22-20-23-27-43/h20,22-23,26-27,29-30,32,35-40,44,46,48-52,54,61-63,65-66H,12-19,21,24-25,28,31,33-34H2,1-11H3/t35-,36-,37+,38-,39-,40?,44+,46-,48+,49-,50?,51-,52-,54+,55-,56-,71?/m1/s1. The number of unbranched alkanes of at least 4 members (excludes halogenated alkanes) is 8. The second-order valence-electron chi connectivity index (χ2n) is 22.2. The van der Waals surface area contributed by atoms with Gasteiger partial charge in [0.05, 0.1) is 49.3 Å². The number of benzene rings is 2. The third-order valence-corrected chi connectivity index (χ3v) is 18.4. The van der Waals surface area contributed by atoms with Crippen LogP contribution in [0, 0.1) is 17.8 Å². The summed E-state index contributed by atoms with van der Waals surface area (Å²) >= 11 is 7.11. The van der Waals surface area contributed by atoms with Gasteiger partial charge in [-0.05, 0) is 122 Å². The van der Waals surface area contributed by atoms with E-state index in [-0.39, 0.29) is 62.0 Å². The van der Waals surface area contributed by atoms with Gasteiger partial charge in [-0.1, -0.05) is 125 Å². The van der Waals surface area contributed by atoms with Crippen LogP contribution in [-0.2, 0) is 35.0 Å². The maximum Gasteiger partial charge on any atom is 0.311 e. The van der Waals surface area contributed by atoms with Crippen LogP contribution >= 0.6 is 18.5 Å². The van der Waals surface area contributed by atoms with Crippen molar-refractivity contribution in [2.75, 3.05) is 20.6 Å². The second-order valence-corrected chi connectivity index (χ2v) is 24.7. The summed E-state index contributed by atoms with van der Waals surface area (Å²) in [6.45, 7) is 15.7. The zero-order valence-corrected chi connectivity index (χ0v) is 46.4. The summed E-state index contributed by atoms with van der Waals surface area (Å²) in [6.07, 6.45) is 4.08. The lowest BCUT2D eigenvalue weighted by molar-refractivity contribution is -0.299. The van der Waals surface area contributed by atoms with E-state index in [2.05, 4.69) is 37.3 Å². The Bertz CT molecular complexity index is 1960. The first kappa shape index (κ1) is 59.6. The van der Waals surface area contributed by atoms with Crippen molar-refractivity contribution < 1.29 is 54.1 Å². The number of epoxide rings is 1. The van der Waals surface area contributed by atoms with Gasteiger partial charge in [-0.15, -0.1) is 0 Å². The van der Waals surface area contributed by atoms with Crippen molar-refractivity contribution in [2.45, 2.75) is 231 Å². The first-order valence-electron chi connectivity index (χ1n) is 26.7. The summed E-state index contributed by atoms with van der Waals surface area (Å²) in [5, 5.41) is 61.8. The van der Waals surface area contributed by atoms with Gasteiger partial charge < -0.3 is 54.3 Å². The van der Waals surface area contributed by atoms with E-state index >= 15 is 0 Å². The number of nitrogens with zero attached hydrogens (tertiary/aromatic N) is 2. The van der Waals surface area contributed by atoms with Crippen LogP contribution in [0.25, 0.3) is 0 Å². The Kier molecular flexibility index (Phi) is 22.7. The van der Waals surface area contributed by atoms with Crippen LogP contribution in [0.15, 0.2) is 48.5 Å². The Hall–Kier alpha value is -2.26. The summed E-state index contributed by atoms with van der Waals surface area (Å²) < 4.78 is 24.3. The SMILES string of the molecule is CC[C@H]1OC(=O)[C@H](C)[C@@H](O)[C@H](C)[C@@H](O[C@@H]2O[C@H](C)C[C@H](N(C)C)[C@H]2O)[C@](C)(O)C[C@@H](C)CN(C(=O)CCCCCCCCCCCc2cc(C3OC3C)ccc2P(Cl)c2ccccc2)[C@H](C)[C@@H](O)[C@]1(C)O. The van der Waals surface area contributed by atoms with Crippen molar-refractivity contribution in [1.29, 1.82) is 0 Å². The second kappa shape index (κ2) is 27.0. The van der Waals surface area contributed by atoms with Gasteiger partial charge in [0.25, 0.3) is 0 Å². The first-order chi connectivity index (χ1) is 33.5. The van der Waals surface area contributed by atoms with Gasteiger partial charge >= 0.3 is 5.97 Å². The highest BCUT2D eigenvalue weighted by Gasteiger charge is 2.50. The number of halogens is 1. The number of hydrogen-bond donors (Lipinski definition) is 5. The molecular formula is C56H90ClN2O11P. The van der Waals surface area contributed by atoms with E-state index in [0.717, 1.165) is 63.1 Å². The topological polar surface area (TPSA) is 182 Å². The molecule has 71 heavy (non-hydrogen) atoms. The summed E-state index contributed by atoms with van der Waals surface area (Å²) in [5.41, 5.74) is -1.05. The number of cyclic esters (lactones) is 1. The number of aryl methyl sites for hydroxylation is 1. The smallest absolute Gasteiger partial charge is 0.311 e. The van der Waals surface area contributed by atoms with Crippen LogP contribution in [0.5, 0.6) is 0 Å². The fraction of sp³-hybridized carbons (Fsp3) is 0.750. The molecule has 402 valence electrons. The third-order valence-electron chi connectivity index (χ3n) is 15.7. The van der Waals surface area contributed by atoms with E-state index < -0.39 is 79.1 Å². The number of hydrogen-bond acceptors (Lipinski definition) is 12. The largest absolute Gasteiger partial charge is 0.459 e. The summed E-state index contributed by atoms with van der Waals surface area (Å²) in [5.74, 6) is -3.34.